The lowest BCUT2D eigenvalue weighted by atomic mass is 9.90. The third kappa shape index (κ3) is 6.75. The van der Waals surface area contributed by atoms with E-state index in [4.69, 9.17) is 4.74 Å². The van der Waals surface area contributed by atoms with E-state index in [2.05, 4.69) is 45.0 Å². The third-order valence-corrected chi connectivity index (χ3v) is 6.42. The number of piperidine rings is 1. The van der Waals surface area contributed by atoms with Crippen LogP contribution in [0.3, 0.4) is 0 Å². The van der Waals surface area contributed by atoms with E-state index in [0.717, 1.165) is 37.0 Å². The fourth-order valence-corrected chi connectivity index (χ4v) is 4.38. The Kier molecular flexibility index (Phi) is 8.09. The summed E-state index contributed by atoms with van der Waals surface area (Å²) >= 11 is 0. The van der Waals surface area contributed by atoms with Gasteiger partial charge in [0, 0.05) is 18.5 Å². The first-order valence-corrected chi connectivity index (χ1v) is 11.7. The Hall–Kier alpha value is -2.50. The van der Waals surface area contributed by atoms with Gasteiger partial charge in [0.25, 0.3) is 0 Å². The molecule has 1 amide bonds. The molecule has 0 bridgehead atoms. The highest BCUT2D eigenvalue weighted by Crippen LogP contribution is 2.31. The maximum Gasteiger partial charge on any atom is 0.416 e. The summed E-state index contributed by atoms with van der Waals surface area (Å²) in [6.45, 7) is 9.37. The van der Waals surface area contributed by atoms with Crippen molar-refractivity contribution in [2.75, 3.05) is 13.2 Å². The molecule has 6 heteroatoms. The van der Waals surface area contributed by atoms with E-state index in [1.54, 1.807) is 0 Å². The zero-order valence-electron chi connectivity index (χ0n) is 19.9. The normalized spacial score (nSPS) is 20.1. The minimum absolute atomic E-state index is 0.110. The van der Waals surface area contributed by atoms with Crippen LogP contribution in [0.5, 0.6) is 5.75 Å². The van der Waals surface area contributed by atoms with Gasteiger partial charge in [0.15, 0.2) is 0 Å². The first kappa shape index (κ1) is 25.1. The molecule has 3 atom stereocenters. The Morgan fingerprint density at radius 2 is 1.67 bits per heavy atom. The lowest BCUT2D eigenvalue weighted by Gasteiger charge is -2.39. The SMILES string of the molecule is CC(C)Cc1ccc([C@H](C)C(=O)N2C[C@H](COc3ccc(C(F)(F)F)cc3)CC[C@H]2C)cc1. The molecule has 1 fully saturated rings. The first-order chi connectivity index (χ1) is 15.5. The monoisotopic (exact) mass is 461 g/mol. The Labute approximate surface area is 194 Å². The van der Waals surface area contributed by atoms with Crippen LogP contribution in [0.2, 0.25) is 0 Å². The second-order valence-electron chi connectivity index (χ2n) is 9.68. The molecule has 1 aliphatic rings. The van der Waals surface area contributed by atoms with Crippen molar-refractivity contribution in [1.82, 2.24) is 4.90 Å². The largest absolute Gasteiger partial charge is 0.493 e. The molecule has 180 valence electrons. The van der Waals surface area contributed by atoms with Crippen molar-refractivity contribution in [2.24, 2.45) is 11.8 Å². The van der Waals surface area contributed by atoms with Gasteiger partial charge in [-0.1, -0.05) is 38.1 Å². The van der Waals surface area contributed by atoms with Crippen LogP contribution in [-0.2, 0) is 17.4 Å². The second-order valence-corrected chi connectivity index (χ2v) is 9.68. The van der Waals surface area contributed by atoms with E-state index in [0.29, 0.717) is 24.8 Å². The van der Waals surface area contributed by atoms with Gasteiger partial charge < -0.3 is 9.64 Å². The number of benzene rings is 2. The third-order valence-electron chi connectivity index (χ3n) is 6.42. The van der Waals surface area contributed by atoms with Gasteiger partial charge in [0.05, 0.1) is 18.1 Å². The first-order valence-electron chi connectivity index (χ1n) is 11.7. The van der Waals surface area contributed by atoms with Crippen molar-refractivity contribution in [1.29, 1.82) is 0 Å². The molecule has 1 heterocycles. The molecule has 3 rings (SSSR count). The number of hydrogen-bond donors (Lipinski definition) is 0. The van der Waals surface area contributed by atoms with Crippen molar-refractivity contribution in [2.45, 2.75) is 65.1 Å². The number of ether oxygens (including phenoxy) is 1. The number of likely N-dealkylation sites (tertiary alicyclic amines) is 1. The van der Waals surface area contributed by atoms with Crippen LogP contribution in [0, 0.1) is 11.8 Å². The highest BCUT2D eigenvalue weighted by Gasteiger charge is 2.33. The van der Waals surface area contributed by atoms with E-state index < -0.39 is 11.7 Å². The molecule has 2 aromatic carbocycles. The van der Waals surface area contributed by atoms with Crippen molar-refractivity contribution < 1.29 is 22.7 Å². The highest BCUT2D eigenvalue weighted by atomic mass is 19.4. The predicted octanol–water partition coefficient (Wildman–Crippen LogP) is 6.71. The number of rotatable bonds is 7. The van der Waals surface area contributed by atoms with E-state index in [-0.39, 0.29) is 23.8 Å². The van der Waals surface area contributed by atoms with Gasteiger partial charge in [-0.3, -0.25) is 4.79 Å². The van der Waals surface area contributed by atoms with E-state index in [1.165, 1.54) is 17.7 Å². The quantitative estimate of drug-likeness (QED) is 0.458. The minimum Gasteiger partial charge on any atom is -0.493 e. The van der Waals surface area contributed by atoms with Gasteiger partial charge in [0.1, 0.15) is 5.75 Å². The zero-order chi connectivity index (χ0) is 24.2. The molecule has 2 aromatic rings. The molecular formula is C27H34F3NO2. The molecule has 0 aliphatic carbocycles. The molecule has 3 nitrogen and oxygen atoms in total. The number of halogens is 3. The number of nitrogens with zero attached hydrogens (tertiary/aromatic N) is 1. The molecule has 0 radical (unpaired) electrons. The Bertz CT molecular complexity index is 906. The standard InChI is InChI=1S/C27H34F3NO2/c1-18(2)15-21-7-9-23(10-8-21)20(4)26(32)31-16-22(6-5-19(31)3)17-33-25-13-11-24(12-14-25)27(28,29)30/h7-14,18-20,22H,5-6,15-17H2,1-4H3/t19-,20+,22-/m1/s1. The maximum atomic E-state index is 13.3. The average molecular weight is 462 g/mol. The number of hydrogen-bond acceptors (Lipinski definition) is 2. The second kappa shape index (κ2) is 10.6. The van der Waals surface area contributed by atoms with Crippen LogP contribution >= 0.6 is 0 Å². The lowest BCUT2D eigenvalue weighted by molar-refractivity contribution is -0.138. The molecule has 0 saturated carbocycles. The Balaban J connectivity index is 1.58. The summed E-state index contributed by atoms with van der Waals surface area (Å²) in [5, 5.41) is 0. The van der Waals surface area contributed by atoms with Gasteiger partial charge in [-0.05, 0) is 74.4 Å². The van der Waals surface area contributed by atoms with E-state index >= 15 is 0 Å². The molecule has 1 aliphatic heterocycles. The number of carbonyl (C=O) groups excluding carboxylic acids is 1. The van der Waals surface area contributed by atoms with Crippen LogP contribution < -0.4 is 4.74 Å². The van der Waals surface area contributed by atoms with Crippen LogP contribution in [0.4, 0.5) is 13.2 Å². The number of amides is 1. The van der Waals surface area contributed by atoms with Gasteiger partial charge in [-0.15, -0.1) is 0 Å². The van der Waals surface area contributed by atoms with E-state index in [1.807, 2.05) is 11.8 Å². The molecule has 0 aromatic heterocycles. The topological polar surface area (TPSA) is 29.5 Å². The van der Waals surface area contributed by atoms with Crippen molar-refractivity contribution in [3.63, 3.8) is 0 Å². The molecule has 1 saturated heterocycles. The summed E-state index contributed by atoms with van der Waals surface area (Å²) in [5.41, 5.74) is 1.60. The van der Waals surface area contributed by atoms with Crippen LogP contribution in [0.1, 0.15) is 63.1 Å². The van der Waals surface area contributed by atoms with Gasteiger partial charge in [0.2, 0.25) is 5.91 Å². The number of alkyl halides is 3. The predicted molar refractivity (Wildman–Crippen MR) is 124 cm³/mol. The van der Waals surface area contributed by atoms with Crippen LogP contribution in [0.25, 0.3) is 0 Å². The van der Waals surface area contributed by atoms with Crippen molar-refractivity contribution in [3.8, 4) is 5.75 Å². The van der Waals surface area contributed by atoms with Gasteiger partial charge in [-0.2, -0.15) is 13.2 Å². The molecule has 0 spiro atoms. The molecule has 0 N–H and O–H groups in total. The Morgan fingerprint density at radius 3 is 2.24 bits per heavy atom. The summed E-state index contributed by atoms with van der Waals surface area (Å²) < 4.78 is 44.0. The summed E-state index contributed by atoms with van der Waals surface area (Å²) in [4.78, 5) is 15.2. The minimum atomic E-state index is -4.36. The molecule has 0 unspecified atom stereocenters. The lowest BCUT2D eigenvalue weighted by Crippen LogP contribution is -2.48. The average Bonchev–Trinajstić information content (AvgIpc) is 2.77. The summed E-state index contributed by atoms with van der Waals surface area (Å²) in [6.07, 6.45) is -1.53. The van der Waals surface area contributed by atoms with Gasteiger partial charge >= 0.3 is 6.18 Å². The fourth-order valence-electron chi connectivity index (χ4n) is 4.38. The van der Waals surface area contributed by atoms with E-state index in [9.17, 15) is 18.0 Å². The van der Waals surface area contributed by atoms with Crippen LogP contribution in [0.15, 0.2) is 48.5 Å². The number of carbonyl (C=O) groups is 1. The Morgan fingerprint density at radius 1 is 1.03 bits per heavy atom. The smallest absolute Gasteiger partial charge is 0.416 e. The van der Waals surface area contributed by atoms with Crippen molar-refractivity contribution >= 4 is 5.91 Å². The van der Waals surface area contributed by atoms with Crippen LogP contribution in [-0.4, -0.2) is 30.0 Å². The van der Waals surface area contributed by atoms with Crippen molar-refractivity contribution in [3.05, 3.63) is 65.2 Å². The molecular weight excluding hydrogens is 427 g/mol. The highest BCUT2D eigenvalue weighted by molar-refractivity contribution is 5.83. The summed E-state index contributed by atoms with van der Waals surface area (Å²) in [6, 6.07) is 13.2. The van der Waals surface area contributed by atoms with Gasteiger partial charge in [-0.25, -0.2) is 0 Å². The summed E-state index contributed by atoms with van der Waals surface area (Å²) in [7, 11) is 0. The summed E-state index contributed by atoms with van der Waals surface area (Å²) in [5.74, 6) is 1.03. The molecule has 33 heavy (non-hydrogen) atoms. The maximum absolute atomic E-state index is 13.3. The zero-order valence-corrected chi connectivity index (χ0v) is 19.9. The fraction of sp³-hybridized carbons (Fsp3) is 0.519.